The zero-order chi connectivity index (χ0) is 16.8. The Morgan fingerprint density at radius 1 is 1.26 bits per heavy atom. The van der Waals surface area contributed by atoms with E-state index in [1.807, 2.05) is 38.1 Å². The lowest BCUT2D eigenvalue weighted by molar-refractivity contribution is 0.0937. The maximum absolute atomic E-state index is 11.9. The van der Waals surface area contributed by atoms with Gasteiger partial charge >= 0.3 is 0 Å². The molecule has 1 atom stereocenters. The molecule has 0 spiro atoms. The summed E-state index contributed by atoms with van der Waals surface area (Å²) in [7, 11) is 0. The number of hydrogen-bond acceptors (Lipinski definition) is 5. The summed E-state index contributed by atoms with van der Waals surface area (Å²) in [5.74, 6) is -0.199. The van der Waals surface area contributed by atoms with Gasteiger partial charge in [0.2, 0.25) is 0 Å². The van der Waals surface area contributed by atoms with E-state index < -0.39 is 6.10 Å². The number of aromatic nitrogens is 2. The van der Waals surface area contributed by atoms with Gasteiger partial charge in [0.15, 0.2) is 5.69 Å². The quantitative estimate of drug-likeness (QED) is 0.604. The van der Waals surface area contributed by atoms with E-state index in [9.17, 15) is 9.90 Å². The van der Waals surface area contributed by atoms with Crippen LogP contribution < -0.4 is 10.6 Å². The molecule has 1 aromatic heterocycles. The van der Waals surface area contributed by atoms with Crippen molar-refractivity contribution in [2.75, 3.05) is 18.5 Å². The maximum atomic E-state index is 11.9. The van der Waals surface area contributed by atoms with Crippen LogP contribution in [-0.2, 0) is 0 Å². The SMILES string of the molecule is CC(C)NC(=O)c1ccn(-c2ccc(NCC(O)CO)cc2)n1. The molecule has 1 unspecified atom stereocenters. The van der Waals surface area contributed by atoms with Crippen LogP contribution >= 0.6 is 0 Å². The molecule has 0 aliphatic carbocycles. The Morgan fingerprint density at radius 3 is 2.57 bits per heavy atom. The Labute approximate surface area is 135 Å². The van der Waals surface area contributed by atoms with Crippen molar-refractivity contribution in [1.82, 2.24) is 15.1 Å². The number of aliphatic hydroxyl groups is 2. The number of benzene rings is 1. The summed E-state index contributed by atoms with van der Waals surface area (Å²) in [6, 6.07) is 9.12. The molecule has 0 aliphatic heterocycles. The molecule has 1 aromatic carbocycles. The second-order valence-corrected chi connectivity index (χ2v) is 5.54. The molecule has 2 rings (SSSR count). The van der Waals surface area contributed by atoms with E-state index in [4.69, 9.17) is 5.11 Å². The summed E-state index contributed by atoms with van der Waals surface area (Å²) >= 11 is 0. The largest absolute Gasteiger partial charge is 0.394 e. The zero-order valence-corrected chi connectivity index (χ0v) is 13.2. The molecule has 23 heavy (non-hydrogen) atoms. The monoisotopic (exact) mass is 318 g/mol. The number of amides is 1. The molecule has 1 heterocycles. The van der Waals surface area contributed by atoms with Gasteiger partial charge in [0.05, 0.1) is 18.4 Å². The molecule has 0 saturated heterocycles. The molecule has 0 aliphatic rings. The summed E-state index contributed by atoms with van der Waals surface area (Å²) in [4.78, 5) is 11.9. The van der Waals surface area contributed by atoms with E-state index in [2.05, 4.69) is 15.7 Å². The highest BCUT2D eigenvalue weighted by atomic mass is 16.3. The molecule has 1 amide bonds. The number of anilines is 1. The topological polar surface area (TPSA) is 99.4 Å². The number of rotatable bonds is 7. The predicted molar refractivity (Wildman–Crippen MR) is 87.7 cm³/mol. The number of nitrogens with zero attached hydrogens (tertiary/aromatic N) is 2. The second kappa shape index (κ2) is 7.75. The Balaban J connectivity index is 2.02. The lowest BCUT2D eigenvalue weighted by Gasteiger charge is -2.10. The summed E-state index contributed by atoms with van der Waals surface area (Å²) in [5.41, 5.74) is 2.01. The Morgan fingerprint density at radius 2 is 1.96 bits per heavy atom. The summed E-state index contributed by atoms with van der Waals surface area (Å²) in [5, 5.41) is 28.2. The third-order valence-corrected chi connectivity index (χ3v) is 3.13. The van der Waals surface area contributed by atoms with Gasteiger partial charge in [0.25, 0.3) is 5.91 Å². The molecule has 2 aromatic rings. The third-order valence-electron chi connectivity index (χ3n) is 3.13. The van der Waals surface area contributed by atoms with E-state index in [0.29, 0.717) is 5.69 Å². The fourth-order valence-corrected chi connectivity index (χ4v) is 1.96. The first-order valence-electron chi connectivity index (χ1n) is 7.49. The van der Waals surface area contributed by atoms with Crippen LogP contribution in [0.3, 0.4) is 0 Å². The smallest absolute Gasteiger partial charge is 0.271 e. The van der Waals surface area contributed by atoms with Crippen LogP contribution in [0.25, 0.3) is 5.69 Å². The molecular formula is C16H22N4O3. The fourth-order valence-electron chi connectivity index (χ4n) is 1.96. The van der Waals surface area contributed by atoms with Gasteiger partial charge in [-0.2, -0.15) is 5.10 Å². The average molecular weight is 318 g/mol. The van der Waals surface area contributed by atoms with Crippen molar-refractivity contribution in [2.45, 2.75) is 26.0 Å². The summed E-state index contributed by atoms with van der Waals surface area (Å²) in [6.45, 7) is 3.79. The predicted octanol–water partition coefficient (Wildman–Crippen LogP) is 0.776. The Kier molecular flexibility index (Phi) is 5.72. The van der Waals surface area contributed by atoms with Crippen molar-refractivity contribution >= 4 is 11.6 Å². The van der Waals surface area contributed by atoms with Gasteiger partial charge in [0, 0.05) is 24.5 Å². The van der Waals surface area contributed by atoms with E-state index in [1.54, 1.807) is 16.9 Å². The molecule has 0 saturated carbocycles. The Bertz CT molecular complexity index is 637. The van der Waals surface area contributed by atoms with Gasteiger partial charge in [-0.1, -0.05) is 0 Å². The van der Waals surface area contributed by atoms with E-state index in [1.165, 1.54) is 0 Å². The van der Waals surface area contributed by atoms with Crippen molar-refractivity contribution in [2.24, 2.45) is 0 Å². The molecule has 124 valence electrons. The molecule has 0 radical (unpaired) electrons. The van der Waals surface area contributed by atoms with Gasteiger partial charge < -0.3 is 20.8 Å². The average Bonchev–Trinajstić information content (AvgIpc) is 3.02. The first-order chi connectivity index (χ1) is 11.0. The van der Waals surface area contributed by atoms with Gasteiger partial charge in [0.1, 0.15) is 0 Å². The molecule has 0 bridgehead atoms. The first-order valence-corrected chi connectivity index (χ1v) is 7.49. The molecular weight excluding hydrogens is 296 g/mol. The van der Waals surface area contributed by atoms with Crippen LogP contribution in [0.4, 0.5) is 5.69 Å². The van der Waals surface area contributed by atoms with Gasteiger partial charge in [-0.3, -0.25) is 4.79 Å². The van der Waals surface area contributed by atoms with Crippen LogP contribution in [0.15, 0.2) is 36.5 Å². The van der Waals surface area contributed by atoms with Crippen molar-refractivity contribution < 1.29 is 15.0 Å². The lowest BCUT2D eigenvalue weighted by atomic mass is 10.2. The summed E-state index contributed by atoms with van der Waals surface area (Å²) in [6.07, 6.45) is 0.940. The van der Waals surface area contributed by atoms with E-state index in [-0.39, 0.29) is 25.1 Å². The third kappa shape index (κ3) is 4.80. The van der Waals surface area contributed by atoms with Crippen LogP contribution in [0.1, 0.15) is 24.3 Å². The minimum Gasteiger partial charge on any atom is -0.394 e. The number of hydrogen-bond donors (Lipinski definition) is 4. The second-order valence-electron chi connectivity index (χ2n) is 5.54. The molecule has 0 fully saturated rings. The fraction of sp³-hybridized carbons (Fsp3) is 0.375. The van der Waals surface area contributed by atoms with Gasteiger partial charge in [-0.15, -0.1) is 0 Å². The first kappa shape index (κ1) is 17.0. The van der Waals surface area contributed by atoms with Crippen molar-refractivity contribution in [1.29, 1.82) is 0 Å². The molecule has 7 heteroatoms. The highest BCUT2D eigenvalue weighted by molar-refractivity contribution is 5.92. The number of nitrogens with one attached hydrogen (secondary N) is 2. The van der Waals surface area contributed by atoms with Gasteiger partial charge in [-0.25, -0.2) is 4.68 Å². The standard InChI is InChI=1S/C16H22N4O3/c1-11(2)18-16(23)15-7-8-20(19-15)13-5-3-12(4-6-13)17-9-14(22)10-21/h3-8,11,14,17,21-22H,9-10H2,1-2H3,(H,18,23). The normalized spacial score (nSPS) is 12.2. The molecule has 4 N–H and O–H groups in total. The van der Waals surface area contributed by atoms with Gasteiger partial charge in [-0.05, 0) is 44.2 Å². The summed E-state index contributed by atoms with van der Waals surface area (Å²) < 4.78 is 1.63. The van der Waals surface area contributed by atoms with E-state index in [0.717, 1.165) is 11.4 Å². The highest BCUT2D eigenvalue weighted by Gasteiger charge is 2.11. The highest BCUT2D eigenvalue weighted by Crippen LogP contribution is 2.13. The van der Waals surface area contributed by atoms with Crippen LogP contribution in [-0.4, -0.2) is 51.2 Å². The number of aliphatic hydroxyl groups excluding tert-OH is 2. The van der Waals surface area contributed by atoms with Crippen molar-refractivity contribution in [3.8, 4) is 5.69 Å². The molecule has 7 nitrogen and oxygen atoms in total. The van der Waals surface area contributed by atoms with Crippen LogP contribution in [0.5, 0.6) is 0 Å². The zero-order valence-electron chi connectivity index (χ0n) is 13.2. The van der Waals surface area contributed by atoms with Crippen LogP contribution in [0.2, 0.25) is 0 Å². The minimum absolute atomic E-state index is 0.0623. The lowest BCUT2D eigenvalue weighted by Crippen LogP contribution is -2.30. The van der Waals surface area contributed by atoms with Crippen molar-refractivity contribution in [3.05, 3.63) is 42.2 Å². The maximum Gasteiger partial charge on any atom is 0.271 e. The Hall–Kier alpha value is -2.38. The minimum atomic E-state index is -0.789. The van der Waals surface area contributed by atoms with E-state index >= 15 is 0 Å². The number of carbonyl (C=O) groups excluding carboxylic acids is 1. The van der Waals surface area contributed by atoms with Crippen LogP contribution in [0, 0.1) is 0 Å². The number of carbonyl (C=O) groups is 1. The van der Waals surface area contributed by atoms with Crippen molar-refractivity contribution in [3.63, 3.8) is 0 Å².